The van der Waals surface area contributed by atoms with Crippen LogP contribution in [-0.2, 0) is 11.2 Å². The Kier molecular flexibility index (Phi) is 5.49. The van der Waals surface area contributed by atoms with Gasteiger partial charge in [0.25, 0.3) is 0 Å². The number of nitrogens with one attached hydrogen (secondary N) is 2. The molecule has 0 aliphatic heterocycles. The molecule has 0 bridgehead atoms. The monoisotopic (exact) mass is 309 g/mol. The number of hydrogen-bond donors (Lipinski definition) is 1. The molecule has 0 fully saturated rings. The minimum atomic E-state index is -0.0699. The molecule has 0 unspecified atom stereocenters. The highest BCUT2D eigenvalue weighted by Gasteiger charge is 2.11. The summed E-state index contributed by atoms with van der Waals surface area (Å²) < 4.78 is 0. The molecule has 0 saturated carbocycles. The zero-order valence-electron chi connectivity index (χ0n) is 11.4. The molecule has 7 heteroatoms. The topological polar surface area (TPSA) is 69.0 Å². The number of carbonyl (C=O) groups excluding carboxylic acids is 1. The minimum absolute atomic E-state index is 0.0699. The predicted molar refractivity (Wildman–Crippen MR) is 80.8 cm³/mol. The van der Waals surface area contributed by atoms with Crippen LogP contribution < -0.4 is 10.3 Å². The molecule has 20 heavy (non-hydrogen) atoms. The van der Waals surface area contributed by atoms with Crippen molar-refractivity contribution in [3.63, 3.8) is 0 Å². The summed E-state index contributed by atoms with van der Waals surface area (Å²) in [5, 5.41) is 13.3. The van der Waals surface area contributed by atoms with E-state index >= 15 is 0 Å². The van der Waals surface area contributed by atoms with Crippen molar-refractivity contribution >= 4 is 34.1 Å². The van der Waals surface area contributed by atoms with Crippen molar-refractivity contribution in [3.05, 3.63) is 29.4 Å². The molecule has 2 rings (SSSR count). The lowest BCUT2D eigenvalue weighted by Crippen LogP contribution is -2.15. The molecule has 106 valence electrons. The lowest BCUT2D eigenvalue weighted by molar-refractivity contribution is -0.426. The predicted octanol–water partition coefficient (Wildman–Crippen LogP) is 2.28. The number of rotatable bonds is 6. The molecular formula is C13H17N4OS2+. The van der Waals surface area contributed by atoms with Crippen molar-refractivity contribution in [1.29, 1.82) is 0 Å². The van der Waals surface area contributed by atoms with Gasteiger partial charge in [0.2, 0.25) is 16.1 Å². The van der Waals surface area contributed by atoms with Crippen molar-refractivity contribution in [3.8, 4) is 0 Å². The van der Waals surface area contributed by atoms with Gasteiger partial charge in [-0.3, -0.25) is 10.1 Å². The van der Waals surface area contributed by atoms with Gasteiger partial charge in [-0.1, -0.05) is 25.2 Å². The second kappa shape index (κ2) is 7.35. The average molecular weight is 309 g/mol. The maximum absolute atomic E-state index is 11.8. The summed E-state index contributed by atoms with van der Waals surface area (Å²) in [5.41, 5.74) is 0. The van der Waals surface area contributed by atoms with E-state index in [2.05, 4.69) is 34.3 Å². The number of nitrogens with zero attached hydrogens (tertiary/aromatic N) is 2. The summed E-state index contributed by atoms with van der Waals surface area (Å²) >= 11 is 2.89. The fourth-order valence-corrected chi connectivity index (χ4v) is 3.15. The van der Waals surface area contributed by atoms with E-state index < -0.39 is 0 Å². The number of carbonyl (C=O) groups is 1. The summed E-state index contributed by atoms with van der Waals surface area (Å²) in [6, 6.07) is 5.77. The molecule has 0 spiro atoms. The van der Waals surface area contributed by atoms with E-state index in [1.54, 1.807) is 0 Å². The molecule has 0 radical (unpaired) electrons. The van der Waals surface area contributed by atoms with Crippen LogP contribution in [0.15, 0.2) is 29.4 Å². The van der Waals surface area contributed by atoms with E-state index in [9.17, 15) is 4.79 Å². The molecule has 2 aromatic rings. The van der Waals surface area contributed by atoms with Crippen LogP contribution in [0.25, 0.3) is 0 Å². The zero-order chi connectivity index (χ0) is 14.4. The maximum atomic E-state index is 11.8. The highest BCUT2D eigenvalue weighted by atomic mass is 32.2. The van der Waals surface area contributed by atoms with E-state index in [1.165, 1.54) is 23.1 Å². The van der Waals surface area contributed by atoms with E-state index in [-0.39, 0.29) is 5.91 Å². The van der Waals surface area contributed by atoms with Crippen LogP contribution in [0.5, 0.6) is 0 Å². The fourth-order valence-electron chi connectivity index (χ4n) is 1.50. The van der Waals surface area contributed by atoms with Crippen LogP contribution in [0, 0.1) is 5.92 Å². The number of thioether (sulfide) groups is 1. The van der Waals surface area contributed by atoms with Gasteiger partial charge >= 0.3 is 0 Å². The largest absolute Gasteiger partial charge is 0.300 e. The number of hydrogen-bond acceptors (Lipinski definition) is 5. The Hall–Kier alpha value is -1.47. The van der Waals surface area contributed by atoms with Gasteiger partial charge in [0, 0.05) is 18.6 Å². The van der Waals surface area contributed by atoms with Gasteiger partial charge in [0.1, 0.15) is 5.01 Å². The number of pyridine rings is 1. The molecule has 0 saturated heterocycles. The van der Waals surface area contributed by atoms with E-state index in [4.69, 9.17) is 0 Å². The van der Waals surface area contributed by atoms with Gasteiger partial charge in [0.15, 0.2) is 6.20 Å². The number of H-pyrrole nitrogens is 1. The third-order valence-corrected chi connectivity index (χ3v) is 4.17. The highest BCUT2D eigenvalue weighted by Crippen LogP contribution is 2.19. The van der Waals surface area contributed by atoms with Gasteiger partial charge in [-0.2, -0.15) is 0 Å². The first-order valence-corrected chi connectivity index (χ1v) is 8.15. The smallest absolute Gasteiger partial charge is 0.238 e. The second-order valence-electron chi connectivity index (χ2n) is 4.66. The first-order chi connectivity index (χ1) is 9.63. The third-order valence-electron chi connectivity index (χ3n) is 2.34. The SMILES string of the molecule is CC(C)Cc1nnc(NC(=O)CSc2cccc[nH+]2)s1. The molecule has 5 nitrogen and oxygen atoms in total. The maximum Gasteiger partial charge on any atom is 0.238 e. The first-order valence-electron chi connectivity index (χ1n) is 6.35. The zero-order valence-corrected chi connectivity index (χ0v) is 13.1. The molecular weight excluding hydrogens is 292 g/mol. The van der Waals surface area contributed by atoms with E-state index in [0.717, 1.165) is 16.5 Å². The normalized spacial score (nSPS) is 10.8. The van der Waals surface area contributed by atoms with Crippen molar-refractivity contribution in [2.75, 3.05) is 11.1 Å². The van der Waals surface area contributed by atoms with Crippen LogP contribution >= 0.6 is 23.1 Å². The molecule has 2 aromatic heterocycles. The second-order valence-corrected chi connectivity index (χ2v) is 6.74. The fraction of sp³-hybridized carbons (Fsp3) is 0.385. The lowest BCUT2D eigenvalue weighted by Gasteiger charge is -1.99. The highest BCUT2D eigenvalue weighted by molar-refractivity contribution is 7.99. The van der Waals surface area contributed by atoms with Crippen molar-refractivity contribution in [1.82, 2.24) is 10.2 Å². The summed E-state index contributed by atoms with van der Waals surface area (Å²) in [6.07, 6.45) is 2.73. The molecule has 0 atom stereocenters. The Labute approximate surface area is 126 Å². The molecule has 0 aliphatic rings. The van der Waals surface area contributed by atoms with Gasteiger partial charge in [0.05, 0.1) is 5.75 Å². The number of aromatic amines is 1. The molecule has 1 amide bonds. The van der Waals surface area contributed by atoms with Crippen LogP contribution in [0.4, 0.5) is 5.13 Å². The molecule has 0 aliphatic carbocycles. The average Bonchev–Trinajstić information content (AvgIpc) is 2.84. The van der Waals surface area contributed by atoms with Crippen molar-refractivity contribution in [2.45, 2.75) is 25.3 Å². The van der Waals surface area contributed by atoms with Gasteiger partial charge < -0.3 is 0 Å². The first kappa shape index (κ1) is 14.9. The third kappa shape index (κ3) is 4.90. The Bertz CT molecular complexity index is 557. The van der Waals surface area contributed by atoms with Gasteiger partial charge in [-0.15, -0.1) is 10.2 Å². The molecule has 2 N–H and O–H groups in total. The van der Waals surface area contributed by atoms with E-state index in [0.29, 0.717) is 16.8 Å². The summed E-state index contributed by atoms with van der Waals surface area (Å²) in [4.78, 5) is 14.9. The van der Waals surface area contributed by atoms with Crippen LogP contribution in [0.1, 0.15) is 18.9 Å². The number of aromatic nitrogens is 3. The Morgan fingerprint density at radius 1 is 1.45 bits per heavy atom. The van der Waals surface area contributed by atoms with Crippen molar-refractivity contribution in [2.24, 2.45) is 5.92 Å². The summed E-state index contributed by atoms with van der Waals surface area (Å²) in [6.45, 7) is 4.26. The Morgan fingerprint density at radius 2 is 2.30 bits per heavy atom. The van der Waals surface area contributed by atoms with Crippen LogP contribution in [-0.4, -0.2) is 21.9 Å². The Morgan fingerprint density at radius 3 is 3.00 bits per heavy atom. The standard InChI is InChI=1S/C13H16N4OS2/c1-9(2)7-12-16-17-13(20-12)15-10(18)8-19-11-5-3-4-6-14-11/h3-6,9H,7-8H2,1-2H3,(H,15,17,18)/p+1. The summed E-state index contributed by atoms with van der Waals surface area (Å²) in [7, 11) is 0. The quantitative estimate of drug-likeness (QED) is 0.831. The van der Waals surface area contributed by atoms with Crippen molar-refractivity contribution < 1.29 is 9.78 Å². The van der Waals surface area contributed by atoms with Gasteiger partial charge in [-0.05, 0) is 23.7 Å². The Balaban J connectivity index is 1.81. The number of anilines is 1. The van der Waals surface area contributed by atoms with Crippen LogP contribution in [0.3, 0.4) is 0 Å². The molecule has 0 aromatic carbocycles. The molecule has 2 heterocycles. The minimum Gasteiger partial charge on any atom is -0.300 e. The number of amides is 1. The van der Waals surface area contributed by atoms with Crippen LogP contribution in [0.2, 0.25) is 0 Å². The lowest BCUT2D eigenvalue weighted by atomic mass is 10.1. The van der Waals surface area contributed by atoms with E-state index in [1.807, 2.05) is 24.4 Å². The van der Waals surface area contributed by atoms with Gasteiger partial charge in [-0.25, -0.2) is 4.98 Å². The summed E-state index contributed by atoms with van der Waals surface area (Å²) in [5.74, 6) is 0.815.